The quantitative estimate of drug-likeness (QED) is 0.596. The van der Waals surface area contributed by atoms with Crippen molar-refractivity contribution >= 4 is 12.0 Å². The molecule has 0 aliphatic rings. The number of nitrogens with one attached hydrogen (secondary N) is 1. The number of carboxylic acids is 1. The van der Waals surface area contributed by atoms with Gasteiger partial charge in [0.05, 0.1) is 19.0 Å². The summed E-state index contributed by atoms with van der Waals surface area (Å²) in [6.07, 6.45) is -1.42. The summed E-state index contributed by atoms with van der Waals surface area (Å²) in [5.74, 6) is -1.39. The van der Waals surface area contributed by atoms with Crippen molar-refractivity contribution in [3.05, 3.63) is 0 Å². The van der Waals surface area contributed by atoms with Crippen molar-refractivity contribution in [1.29, 1.82) is 5.26 Å². The fraction of sp³-hybridized carbons (Fsp3) is 0.700. The molecule has 0 unspecified atom stereocenters. The zero-order chi connectivity index (χ0) is 13.4. The number of nitriles is 1. The third-order valence-corrected chi connectivity index (χ3v) is 2.08. The Balaban J connectivity index is 4.24. The molecule has 0 saturated carbocycles. The van der Waals surface area contributed by atoms with Gasteiger partial charge in [-0.05, 0) is 13.8 Å². The molecular weight excluding hydrogens is 226 g/mol. The van der Waals surface area contributed by atoms with E-state index in [1.54, 1.807) is 13.8 Å². The summed E-state index contributed by atoms with van der Waals surface area (Å²) >= 11 is 0. The predicted octanol–water partition coefficient (Wildman–Crippen LogP) is -0.234. The summed E-state index contributed by atoms with van der Waals surface area (Å²) in [7, 11) is 0. The number of nitrogens with zero attached hydrogens (tertiary/aromatic N) is 2. The first-order valence-electron chi connectivity index (χ1n) is 5.22. The summed E-state index contributed by atoms with van der Waals surface area (Å²) < 4.78 is 0. The predicted molar refractivity (Wildman–Crippen MR) is 59.1 cm³/mol. The topological polar surface area (TPSA) is 114 Å². The van der Waals surface area contributed by atoms with Gasteiger partial charge in [0.15, 0.2) is 6.10 Å². The number of aliphatic hydroxyl groups excluding tert-OH is 1. The number of aliphatic carboxylic acids is 1. The maximum atomic E-state index is 11.6. The first-order valence-corrected chi connectivity index (χ1v) is 5.22. The number of hydrogen-bond acceptors (Lipinski definition) is 4. The van der Waals surface area contributed by atoms with E-state index < -0.39 is 18.1 Å². The van der Waals surface area contributed by atoms with E-state index in [0.717, 1.165) is 0 Å². The minimum Gasteiger partial charge on any atom is -0.479 e. The standard InChI is InChI=1S/C10H17N3O4/c1-7(2)13(5-3-4-11)10(17)12-6-8(14)9(15)16/h7-8,14H,3,5-6H2,1-2H3,(H,12,17)(H,15,16)/t8-/m0/s1. The minimum absolute atomic E-state index is 0.106. The van der Waals surface area contributed by atoms with E-state index in [1.807, 2.05) is 6.07 Å². The third kappa shape index (κ3) is 5.73. The Bertz CT molecular complexity index is 311. The van der Waals surface area contributed by atoms with Crippen LogP contribution in [-0.2, 0) is 4.79 Å². The van der Waals surface area contributed by atoms with Crippen molar-refractivity contribution in [2.75, 3.05) is 13.1 Å². The van der Waals surface area contributed by atoms with E-state index >= 15 is 0 Å². The number of urea groups is 1. The molecule has 0 bridgehead atoms. The Morgan fingerprint density at radius 2 is 2.06 bits per heavy atom. The van der Waals surface area contributed by atoms with Crippen LogP contribution in [-0.4, -0.2) is 52.3 Å². The van der Waals surface area contributed by atoms with E-state index in [4.69, 9.17) is 15.5 Å². The summed E-state index contributed by atoms with van der Waals surface area (Å²) in [6, 6.07) is 1.33. The molecule has 0 aromatic carbocycles. The van der Waals surface area contributed by atoms with Gasteiger partial charge in [0, 0.05) is 12.6 Å². The number of carboxylic acid groups (broad SMARTS) is 1. The second kappa shape index (κ2) is 7.46. The van der Waals surface area contributed by atoms with E-state index in [-0.39, 0.29) is 25.6 Å². The van der Waals surface area contributed by atoms with Crippen LogP contribution in [0.1, 0.15) is 20.3 Å². The fourth-order valence-corrected chi connectivity index (χ4v) is 1.14. The van der Waals surface area contributed by atoms with Crippen LogP contribution in [0.5, 0.6) is 0 Å². The molecule has 0 spiro atoms. The Kier molecular flexibility index (Phi) is 6.67. The molecule has 3 N–H and O–H groups in total. The van der Waals surface area contributed by atoms with Crippen LogP contribution >= 0.6 is 0 Å². The molecule has 7 heteroatoms. The van der Waals surface area contributed by atoms with Crippen molar-refractivity contribution < 1.29 is 19.8 Å². The van der Waals surface area contributed by atoms with Crippen LogP contribution in [0.2, 0.25) is 0 Å². The van der Waals surface area contributed by atoms with Gasteiger partial charge in [-0.25, -0.2) is 9.59 Å². The number of aliphatic hydroxyl groups is 1. The van der Waals surface area contributed by atoms with Gasteiger partial charge >= 0.3 is 12.0 Å². The highest BCUT2D eigenvalue weighted by Crippen LogP contribution is 2.00. The Hall–Kier alpha value is -1.81. The number of rotatable bonds is 6. The molecule has 0 aliphatic carbocycles. The van der Waals surface area contributed by atoms with Gasteiger partial charge in [0.25, 0.3) is 0 Å². The normalized spacial score (nSPS) is 11.7. The average molecular weight is 243 g/mol. The largest absolute Gasteiger partial charge is 0.479 e. The SMILES string of the molecule is CC(C)N(CCC#N)C(=O)NC[C@H](O)C(=O)O. The van der Waals surface area contributed by atoms with Crippen LogP contribution in [0.25, 0.3) is 0 Å². The van der Waals surface area contributed by atoms with Gasteiger partial charge in [0.1, 0.15) is 0 Å². The lowest BCUT2D eigenvalue weighted by Gasteiger charge is -2.26. The second-order valence-corrected chi connectivity index (χ2v) is 3.74. The highest BCUT2D eigenvalue weighted by molar-refractivity contribution is 5.77. The molecule has 0 radical (unpaired) electrons. The summed E-state index contributed by atoms with van der Waals surface area (Å²) in [5.41, 5.74) is 0. The monoisotopic (exact) mass is 243 g/mol. The van der Waals surface area contributed by atoms with E-state index in [0.29, 0.717) is 0 Å². The molecule has 0 heterocycles. The highest BCUT2D eigenvalue weighted by atomic mass is 16.4. The molecule has 96 valence electrons. The average Bonchev–Trinajstić information content (AvgIpc) is 2.25. The lowest BCUT2D eigenvalue weighted by Crippen LogP contribution is -2.47. The Labute approximate surface area is 99.6 Å². The smallest absolute Gasteiger partial charge is 0.334 e. The van der Waals surface area contributed by atoms with E-state index in [9.17, 15) is 9.59 Å². The van der Waals surface area contributed by atoms with Crippen LogP contribution in [0.4, 0.5) is 4.79 Å². The summed E-state index contributed by atoms with van der Waals surface area (Å²) in [5, 5.41) is 28.2. The van der Waals surface area contributed by atoms with Crippen molar-refractivity contribution in [2.24, 2.45) is 0 Å². The second-order valence-electron chi connectivity index (χ2n) is 3.74. The molecule has 0 fully saturated rings. The number of carbonyl (C=O) groups is 2. The molecule has 0 saturated heterocycles. The van der Waals surface area contributed by atoms with Crippen LogP contribution in [0.3, 0.4) is 0 Å². The lowest BCUT2D eigenvalue weighted by atomic mass is 10.3. The number of amides is 2. The molecule has 1 atom stereocenters. The first-order chi connectivity index (χ1) is 7.90. The summed E-state index contributed by atoms with van der Waals surface area (Å²) in [4.78, 5) is 23.3. The van der Waals surface area contributed by atoms with Crippen molar-refractivity contribution in [3.63, 3.8) is 0 Å². The zero-order valence-electron chi connectivity index (χ0n) is 9.88. The van der Waals surface area contributed by atoms with Gasteiger partial charge < -0.3 is 20.4 Å². The van der Waals surface area contributed by atoms with Crippen molar-refractivity contribution in [3.8, 4) is 6.07 Å². The maximum Gasteiger partial charge on any atom is 0.334 e. The molecule has 17 heavy (non-hydrogen) atoms. The highest BCUT2D eigenvalue weighted by Gasteiger charge is 2.19. The number of carbonyl (C=O) groups excluding carboxylic acids is 1. The lowest BCUT2D eigenvalue weighted by molar-refractivity contribution is -0.146. The maximum absolute atomic E-state index is 11.6. The van der Waals surface area contributed by atoms with Gasteiger partial charge in [-0.1, -0.05) is 0 Å². The van der Waals surface area contributed by atoms with Crippen molar-refractivity contribution in [2.45, 2.75) is 32.4 Å². The van der Waals surface area contributed by atoms with Gasteiger partial charge in [0.2, 0.25) is 0 Å². The van der Waals surface area contributed by atoms with Gasteiger partial charge in [-0.15, -0.1) is 0 Å². The van der Waals surface area contributed by atoms with Gasteiger partial charge in [-0.3, -0.25) is 0 Å². The Morgan fingerprint density at radius 3 is 2.47 bits per heavy atom. The van der Waals surface area contributed by atoms with Gasteiger partial charge in [-0.2, -0.15) is 5.26 Å². The first kappa shape index (κ1) is 15.2. The summed E-state index contributed by atoms with van der Waals surface area (Å²) in [6.45, 7) is 3.47. The van der Waals surface area contributed by atoms with Crippen molar-refractivity contribution in [1.82, 2.24) is 10.2 Å². The molecule has 0 rings (SSSR count). The molecule has 0 aromatic heterocycles. The van der Waals surface area contributed by atoms with E-state index in [2.05, 4.69) is 5.32 Å². The van der Waals surface area contributed by atoms with Crippen LogP contribution in [0.15, 0.2) is 0 Å². The molecular formula is C10H17N3O4. The molecule has 7 nitrogen and oxygen atoms in total. The van der Waals surface area contributed by atoms with Crippen LogP contribution < -0.4 is 5.32 Å². The molecule has 0 aromatic rings. The Morgan fingerprint density at radius 1 is 1.47 bits per heavy atom. The minimum atomic E-state index is -1.62. The molecule has 2 amide bonds. The van der Waals surface area contributed by atoms with E-state index in [1.165, 1.54) is 4.90 Å². The molecule has 0 aliphatic heterocycles. The number of hydrogen-bond donors (Lipinski definition) is 3. The fourth-order valence-electron chi connectivity index (χ4n) is 1.14. The third-order valence-electron chi connectivity index (χ3n) is 2.08. The zero-order valence-corrected chi connectivity index (χ0v) is 9.88. The van der Waals surface area contributed by atoms with Crippen LogP contribution in [0, 0.1) is 11.3 Å².